The van der Waals surface area contributed by atoms with Crippen LogP contribution in [0.1, 0.15) is 15.9 Å². The molecule has 1 aromatic heterocycles. The van der Waals surface area contributed by atoms with E-state index in [0.29, 0.717) is 18.1 Å². The molecule has 1 aromatic carbocycles. The molecular formula is C15H17N3O3. The van der Waals surface area contributed by atoms with E-state index in [1.54, 1.807) is 7.11 Å². The van der Waals surface area contributed by atoms with Gasteiger partial charge < -0.3 is 20.5 Å². The van der Waals surface area contributed by atoms with Gasteiger partial charge in [-0.05, 0) is 23.8 Å². The van der Waals surface area contributed by atoms with Crippen LogP contribution in [0.4, 0.5) is 17.2 Å². The summed E-state index contributed by atoms with van der Waals surface area (Å²) in [5.74, 6) is -0.101. The van der Waals surface area contributed by atoms with Crippen molar-refractivity contribution in [2.24, 2.45) is 0 Å². The van der Waals surface area contributed by atoms with E-state index in [2.05, 4.69) is 10.3 Å². The Morgan fingerprint density at radius 3 is 2.86 bits per heavy atom. The van der Waals surface area contributed by atoms with Gasteiger partial charge in [-0.2, -0.15) is 0 Å². The van der Waals surface area contributed by atoms with Crippen molar-refractivity contribution in [3.05, 3.63) is 47.7 Å². The average molecular weight is 287 g/mol. The minimum Gasteiger partial charge on any atom is -0.465 e. The Morgan fingerprint density at radius 1 is 1.33 bits per heavy atom. The molecular weight excluding hydrogens is 270 g/mol. The van der Waals surface area contributed by atoms with Gasteiger partial charge in [0.15, 0.2) is 0 Å². The van der Waals surface area contributed by atoms with E-state index in [-0.39, 0.29) is 5.56 Å². The van der Waals surface area contributed by atoms with Crippen molar-refractivity contribution in [3.63, 3.8) is 0 Å². The SMILES string of the molecule is COCc1cccc(Nc2ncc(N)cc2C(=O)OC)c1. The van der Waals surface area contributed by atoms with Crippen molar-refractivity contribution in [1.82, 2.24) is 4.98 Å². The van der Waals surface area contributed by atoms with Gasteiger partial charge >= 0.3 is 5.97 Å². The molecule has 0 unspecified atom stereocenters. The highest BCUT2D eigenvalue weighted by atomic mass is 16.5. The number of carbonyl (C=O) groups excluding carboxylic acids is 1. The fourth-order valence-corrected chi connectivity index (χ4v) is 1.89. The first-order valence-corrected chi connectivity index (χ1v) is 6.32. The van der Waals surface area contributed by atoms with Crippen molar-refractivity contribution >= 4 is 23.2 Å². The van der Waals surface area contributed by atoms with Gasteiger partial charge in [-0.25, -0.2) is 9.78 Å². The van der Waals surface area contributed by atoms with Crippen LogP contribution in [0.25, 0.3) is 0 Å². The maximum absolute atomic E-state index is 11.8. The number of benzene rings is 1. The zero-order valence-corrected chi connectivity index (χ0v) is 11.9. The van der Waals surface area contributed by atoms with Crippen molar-refractivity contribution in [3.8, 4) is 0 Å². The van der Waals surface area contributed by atoms with Crippen LogP contribution in [-0.2, 0) is 16.1 Å². The summed E-state index contributed by atoms with van der Waals surface area (Å²) in [4.78, 5) is 15.9. The molecule has 0 bridgehead atoms. The van der Waals surface area contributed by atoms with E-state index in [9.17, 15) is 4.79 Å². The van der Waals surface area contributed by atoms with Gasteiger partial charge in [0.25, 0.3) is 0 Å². The number of esters is 1. The number of methoxy groups -OCH3 is 2. The molecule has 0 aliphatic rings. The third-order valence-electron chi connectivity index (χ3n) is 2.81. The molecule has 0 radical (unpaired) electrons. The van der Waals surface area contributed by atoms with E-state index >= 15 is 0 Å². The molecule has 0 saturated heterocycles. The third kappa shape index (κ3) is 3.70. The summed E-state index contributed by atoms with van der Waals surface area (Å²) in [6.45, 7) is 0.508. The first-order chi connectivity index (χ1) is 10.1. The van der Waals surface area contributed by atoms with Crippen LogP contribution in [-0.4, -0.2) is 25.2 Å². The Morgan fingerprint density at radius 2 is 2.14 bits per heavy atom. The van der Waals surface area contributed by atoms with Crippen LogP contribution in [0.5, 0.6) is 0 Å². The smallest absolute Gasteiger partial charge is 0.341 e. The highest BCUT2D eigenvalue weighted by Gasteiger charge is 2.14. The molecule has 3 N–H and O–H groups in total. The van der Waals surface area contributed by atoms with Gasteiger partial charge in [-0.3, -0.25) is 0 Å². The number of carbonyl (C=O) groups is 1. The maximum atomic E-state index is 11.8. The zero-order valence-electron chi connectivity index (χ0n) is 11.9. The lowest BCUT2D eigenvalue weighted by molar-refractivity contribution is 0.0601. The number of hydrogen-bond acceptors (Lipinski definition) is 6. The highest BCUT2D eigenvalue weighted by Crippen LogP contribution is 2.22. The van der Waals surface area contributed by atoms with E-state index in [4.69, 9.17) is 15.2 Å². The lowest BCUT2D eigenvalue weighted by Crippen LogP contribution is -2.08. The summed E-state index contributed by atoms with van der Waals surface area (Å²) in [6, 6.07) is 9.17. The monoisotopic (exact) mass is 287 g/mol. The Bertz CT molecular complexity index is 644. The third-order valence-corrected chi connectivity index (χ3v) is 2.81. The number of nitrogens with one attached hydrogen (secondary N) is 1. The number of nitrogens with two attached hydrogens (primary N) is 1. The van der Waals surface area contributed by atoms with Crippen LogP contribution >= 0.6 is 0 Å². The number of ether oxygens (including phenoxy) is 2. The lowest BCUT2D eigenvalue weighted by atomic mass is 10.2. The number of anilines is 3. The molecule has 2 aromatic rings. The van der Waals surface area contributed by atoms with Crippen LogP contribution in [0, 0.1) is 0 Å². The minimum atomic E-state index is -0.495. The number of aromatic nitrogens is 1. The van der Waals surface area contributed by atoms with Gasteiger partial charge in [0, 0.05) is 12.8 Å². The first-order valence-electron chi connectivity index (χ1n) is 6.32. The summed E-state index contributed by atoms with van der Waals surface area (Å²) in [7, 11) is 2.95. The molecule has 0 amide bonds. The Hall–Kier alpha value is -2.60. The van der Waals surface area contributed by atoms with Crippen LogP contribution in [0.2, 0.25) is 0 Å². The second kappa shape index (κ2) is 6.71. The molecule has 6 nitrogen and oxygen atoms in total. The predicted octanol–water partition coefficient (Wildman–Crippen LogP) is 2.34. The van der Waals surface area contributed by atoms with Gasteiger partial charge in [0.1, 0.15) is 11.4 Å². The maximum Gasteiger partial charge on any atom is 0.341 e. The highest BCUT2D eigenvalue weighted by molar-refractivity contribution is 5.96. The van der Waals surface area contributed by atoms with Crippen molar-refractivity contribution in [2.75, 3.05) is 25.3 Å². The van der Waals surface area contributed by atoms with E-state index < -0.39 is 5.97 Å². The average Bonchev–Trinajstić information content (AvgIpc) is 2.49. The van der Waals surface area contributed by atoms with Gasteiger partial charge in [-0.1, -0.05) is 12.1 Å². The first kappa shape index (κ1) is 14.8. The second-order valence-corrected chi connectivity index (χ2v) is 4.41. The molecule has 0 spiro atoms. The molecule has 0 atom stereocenters. The molecule has 6 heteroatoms. The Labute approximate surface area is 122 Å². The predicted molar refractivity (Wildman–Crippen MR) is 80.4 cm³/mol. The number of pyridine rings is 1. The molecule has 2 rings (SSSR count). The fourth-order valence-electron chi connectivity index (χ4n) is 1.89. The molecule has 21 heavy (non-hydrogen) atoms. The quantitative estimate of drug-likeness (QED) is 0.821. The van der Waals surface area contributed by atoms with Crippen LogP contribution in [0.3, 0.4) is 0 Å². The number of nitrogens with zero attached hydrogens (tertiary/aromatic N) is 1. The molecule has 0 fully saturated rings. The van der Waals surface area contributed by atoms with E-state index in [1.807, 2.05) is 24.3 Å². The zero-order chi connectivity index (χ0) is 15.2. The Kier molecular flexibility index (Phi) is 4.73. The number of hydrogen-bond donors (Lipinski definition) is 2. The summed E-state index contributed by atoms with van der Waals surface area (Å²) >= 11 is 0. The summed E-state index contributed by atoms with van der Waals surface area (Å²) in [5.41, 5.74) is 8.16. The van der Waals surface area contributed by atoms with Gasteiger partial charge in [0.05, 0.1) is 25.6 Å². The molecule has 1 heterocycles. The second-order valence-electron chi connectivity index (χ2n) is 4.41. The Balaban J connectivity index is 2.30. The fraction of sp³-hybridized carbons (Fsp3) is 0.200. The number of nitrogen functional groups attached to an aromatic ring is 1. The van der Waals surface area contributed by atoms with Crippen LogP contribution < -0.4 is 11.1 Å². The van der Waals surface area contributed by atoms with E-state index in [1.165, 1.54) is 19.4 Å². The molecule has 0 saturated carbocycles. The summed E-state index contributed by atoms with van der Waals surface area (Å²) in [5, 5.41) is 3.09. The minimum absolute atomic E-state index is 0.287. The van der Waals surface area contributed by atoms with Crippen molar-refractivity contribution in [1.29, 1.82) is 0 Å². The lowest BCUT2D eigenvalue weighted by Gasteiger charge is -2.11. The summed E-state index contributed by atoms with van der Waals surface area (Å²) < 4.78 is 9.83. The largest absolute Gasteiger partial charge is 0.465 e. The van der Waals surface area contributed by atoms with Gasteiger partial charge in [-0.15, -0.1) is 0 Å². The standard InChI is InChI=1S/C15H17N3O3/c1-20-9-10-4-3-5-12(6-10)18-14-13(15(19)21-2)7-11(16)8-17-14/h3-8H,9,16H2,1-2H3,(H,17,18). The van der Waals surface area contributed by atoms with Crippen molar-refractivity contribution in [2.45, 2.75) is 6.61 Å². The topological polar surface area (TPSA) is 86.5 Å². The molecule has 0 aliphatic heterocycles. The summed E-state index contributed by atoms with van der Waals surface area (Å²) in [6.07, 6.45) is 1.48. The van der Waals surface area contributed by atoms with E-state index in [0.717, 1.165) is 11.3 Å². The number of rotatable bonds is 5. The normalized spacial score (nSPS) is 10.2. The van der Waals surface area contributed by atoms with Gasteiger partial charge in [0.2, 0.25) is 0 Å². The van der Waals surface area contributed by atoms with Crippen LogP contribution in [0.15, 0.2) is 36.5 Å². The molecule has 110 valence electrons. The molecule has 0 aliphatic carbocycles. The van der Waals surface area contributed by atoms with Crippen molar-refractivity contribution < 1.29 is 14.3 Å².